The minimum atomic E-state index is -0.499. The predicted molar refractivity (Wildman–Crippen MR) is 100 cm³/mol. The van der Waals surface area contributed by atoms with E-state index in [1.54, 1.807) is 4.40 Å². The maximum absolute atomic E-state index is 12.2. The summed E-state index contributed by atoms with van der Waals surface area (Å²) in [7, 11) is 0. The van der Waals surface area contributed by atoms with Gasteiger partial charge in [-0.25, -0.2) is 4.98 Å². The molecule has 1 N–H and O–H groups in total. The molecule has 3 aromatic rings. The third-order valence-electron chi connectivity index (χ3n) is 3.43. The van der Waals surface area contributed by atoms with Crippen molar-refractivity contribution in [2.75, 3.05) is 11.1 Å². The van der Waals surface area contributed by atoms with Crippen molar-refractivity contribution < 1.29 is 9.72 Å². The van der Waals surface area contributed by atoms with Gasteiger partial charge < -0.3 is 5.32 Å². The number of nitrogens with zero attached hydrogens (tertiary/aromatic N) is 5. The van der Waals surface area contributed by atoms with Gasteiger partial charge in [-0.1, -0.05) is 11.8 Å². The number of nitrogens with one attached hydrogen (secondary N) is 1. The molecule has 0 radical (unpaired) electrons. The molecule has 1 aromatic carbocycles. The van der Waals surface area contributed by atoms with Crippen LogP contribution in [0.3, 0.4) is 0 Å². The molecule has 2 aromatic heterocycles. The fourth-order valence-electron chi connectivity index (χ4n) is 2.33. The molecule has 26 heavy (non-hydrogen) atoms. The van der Waals surface area contributed by atoms with Gasteiger partial charge in [-0.3, -0.25) is 19.3 Å². The van der Waals surface area contributed by atoms with Gasteiger partial charge in [0.05, 0.1) is 16.4 Å². The van der Waals surface area contributed by atoms with Gasteiger partial charge in [0.2, 0.25) is 5.91 Å². The van der Waals surface area contributed by atoms with Gasteiger partial charge in [0, 0.05) is 28.4 Å². The third kappa shape index (κ3) is 3.83. The summed E-state index contributed by atoms with van der Waals surface area (Å²) in [6.45, 7) is 3.73. The third-order valence-corrected chi connectivity index (χ3v) is 5.01. The lowest BCUT2D eigenvalue weighted by Crippen LogP contribution is -2.15. The summed E-state index contributed by atoms with van der Waals surface area (Å²) >= 11 is 4.45. The normalized spacial score (nSPS) is 10.9. The first-order valence-corrected chi connectivity index (χ1v) is 9.19. The maximum atomic E-state index is 12.2. The summed E-state index contributed by atoms with van der Waals surface area (Å²) in [6, 6.07) is 5.97. The number of nitro benzene ring substituents is 1. The number of carbonyl (C=O) groups is 1. The Morgan fingerprint density at radius 2 is 2.12 bits per heavy atom. The van der Waals surface area contributed by atoms with Crippen molar-refractivity contribution in [3.63, 3.8) is 0 Å². The minimum absolute atomic E-state index is 0.0579. The summed E-state index contributed by atoms with van der Waals surface area (Å²) in [6.07, 6.45) is 0. The fourth-order valence-corrected chi connectivity index (χ4v) is 3.58. The number of halogens is 1. The average molecular weight is 437 g/mol. The zero-order valence-electron chi connectivity index (χ0n) is 13.8. The number of aromatic nitrogens is 4. The summed E-state index contributed by atoms with van der Waals surface area (Å²) in [5.74, 6) is 0.586. The second kappa shape index (κ2) is 7.38. The Hall–Kier alpha value is -2.53. The monoisotopic (exact) mass is 436 g/mol. The van der Waals surface area contributed by atoms with E-state index in [2.05, 4.69) is 36.4 Å². The van der Waals surface area contributed by atoms with Crippen LogP contribution in [0.2, 0.25) is 0 Å². The number of anilines is 1. The molecule has 11 heteroatoms. The molecular formula is C15H13BrN6O3S. The van der Waals surface area contributed by atoms with Crippen LogP contribution in [0.25, 0.3) is 5.65 Å². The molecule has 1 amide bonds. The highest BCUT2D eigenvalue weighted by Gasteiger charge is 2.14. The van der Waals surface area contributed by atoms with E-state index in [0.29, 0.717) is 21.0 Å². The van der Waals surface area contributed by atoms with Gasteiger partial charge in [-0.05, 0) is 35.8 Å². The van der Waals surface area contributed by atoms with Gasteiger partial charge in [-0.15, -0.1) is 10.2 Å². The molecule has 0 aliphatic rings. The van der Waals surface area contributed by atoms with Crippen molar-refractivity contribution in [2.24, 2.45) is 0 Å². The first-order chi connectivity index (χ1) is 12.3. The van der Waals surface area contributed by atoms with Crippen LogP contribution >= 0.6 is 27.7 Å². The number of carbonyl (C=O) groups excluding carboxylic acids is 1. The van der Waals surface area contributed by atoms with E-state index in [9.17, 15) is 14.9 Å². The molecule has 0 aliphatic carbocycles. The Bertz CT molecular complexity index is 1020. The van der Waals surface area contributed by atoms with E-state index in [4.69, 9.17) is 0 Å². The number of hydrogen-bond donors (Lipinski definition) is 1. The van der Waals surface area contributed by atoms with Gasteiger partial charge in [-0.2, -0.15) is 0 Å². The number of thioether (sulfide) groups is 1. The number of amides is 1. The lowest BCUT2D eigenvalue weighted by molar-refractivity contribution is -0.384. The van der Waals surface area contributed by atoms with Crippen LogP contribution in [0.4, 0.5) is 11.4 Å². The quantitative estimate of drug-likeness (QED) is 0.370. The summed E-state index contributed by atoms with van der Waals surface area (Å²) < 4.78 is 2.22. The largest absolute Gasteiger partial charge is 0.324 e. The molecule has 0 spiro atoms. The van der Waals surface area contributed by atoms with E-state index in [-0.39, 0.29) is 17.3 Å². The molecular weight excluding hydrogens is 424 g/mol. The smallest absolute Gasteiger partial charge is 0.270 e. The molecule has 2 heterocycles. The van der Waals surface area contributed by atoms with Crippen LogP contribution in [0.1, 0.15) is 11.5 Å². The van der Waals surface area contributed by atoms with Crippen molar-refractivity contribution in [3.8, 4) is 0 Å². The van der Waals surface area contributed by atoms with Crippen LogP contribution in [-0.2, 0) is 4.79 Å². The van der Waals surface area contributed by atoms with E-state index in [1.165, 1.54) is 30.0 Å². The predicted octanol–water partition coefficient (Wildman–Crippen LogP) is 3.14. The van der Waals surface area contributed by atoms with Crippen LogP contribution in [-0.4, -0.2) is 36.2 Å². The van der Waals surface area contributed by atoms with E-state index in [1.807, 2.05) is 19.9 Å². The van der Waals surface area contributed by atoms with Crippen LogP contribution in [0.15, 0.2) is 33.9 Å². The summed E-state index contributed by atoms with van der Waals surface area (Å²) in [4.78, 5) is 26.8. The molecule has 0 bridgehead atoms. The minimum Gasteiger partial charge on any atom is -0.324 e. The van der Waals surface area contributed by atoms with E-state index in [0.717, 1.165) is 11.5 Å². The molecule has 0 unspecified atom stereocenters. The Kier molecular flexibility index (Phi) is 5.18. The maximum Gasteiger partial charge on any atom is 0.270 e. The van der Waals surface area contributed by atoms with Crippen LogP contribution < -0.4 is 5.32 Å². The lowest BCUT2D eigenvalue weighted by Gasteiger charge is -2.07. The number of benzene rings is 1. The first kappa shape index (κ1) is 18.3. The standard InChI is InChI=1S/C15H13BrN6O3S/c1-8-5-13-19-20-15(21(13)9(2)17-8)26-7-14(23)18-12-4-3-10(22(24)25)6-11(12)16/h3-6H,7H2,1-2H3,(H,18,23). The highest BCUT2D eigenvalue weighted by molar-refractivity contribution is 9.10. The van der Waals surface area contributed by atoms with Crippen molar-refractivity contribution in [1.29, 1.82) is 0 Å². The molecule has 0 saturated heterocycles. The Morgan fingerprint density at radius 3 is 2.81 bits per heavy atom. The molecule has 0 atom stereocenters. The zero-order valence-corrected chi connectivity index (χ0v) is 16.2. The molecule has 9 nitrogen and oxygen atoms in total. The van der Waals surface area contributed by atoms with E-state index < -0.39 is 4.92 Å². The van der Waals surface area contributed by atoms with Crippen molar-refractivity contribution in [3.05, 3.63) is 50.4 Å². The zero-order chi connectivity index (χ0) is 18.8. The number of hydrogen-bond acceptors (Lipinski definition) is 7. The van der Waals surface area contributed by atoms with Gasteiger partial charge >= 0.3 is 0 Å². The number of non-ortho nitro benzene ring substituents is 1. The molecule has 3 rings (SSSR count). The van der Waals surface area contributed by atoms with Gasteiger partial charge in [0.25, 0.3) is 5.69 Å². The number of rotatable bonds is 5. The molecule has 134 valence electrons. The second-order valence-electron chi connectivity index (χ2n) is 5.38. The number of nitro groups is 1. The summed E-state index contributed by atoms with van der Waals surface area (Å²) in [5, 5.41) is 22.2. The topological polar surface area (TPSA) is 115 Å². The molecule has 0 aliphatic heterocycles. The van der Waals surface area contributed by atoms with Crippen molar-refractivity contribution >= 4 is 50.6 Å². The SMILES string of the molecule is Cc1cc2nnc(SCC(=O)Nc3ccc([N+](=O)[O-])cc3Br)n2c(C)n1. The Labute approximate surface area is 160 Å². The summed E-state index contributed by atoms with van der Waals surface area (Å²) in [5.41, 5.74) is 1.92. The van der Waals surface area contributed by atoms with Crippen LogP contribution in [0.5, 0.6) is 0 Å². The van der Waals surface area contributed by atoms with Crippen molar-refractivity contribution in [2.45, 2.75) is 19.0 Å². The molecule has 0 fully saturated rings. The highest BCUT2D eigenvalue weighted by atomic mass is 79.9. The lowest BCUT2D eigenvalue weighted by atomic mass is 10.3. The Balaban J connectivity index is 1.69. The Morgan fingerprint density at radius 1 is 1.35 bits per heavy atom. The number of aryl methyl sites for hydroxylation is 2. The first-order valence-electron chi connectivity index (χ1n) is 7.41. The molecule has 0 saturated carbocycles. The van der Waals surface area contributed by atoms with Gasteiger partial charge in [0.1, 0.15) is 5.82 Å². The number of fused-ring (bicyclic) bond motifs is 1. The highest BCUT2D eigenvalue weighted by Crippen LogP contribution is 2.27. The second-order valence-corrected chi connectivity index (χ2v) is 7.18. The van der Waals surface area contributed by atoms with Gasteiger partial charge in [0.15, 0.2) is 10.8 Å². The van der Waals surface area contributed by atoms with Crippen molar-refractivity contribution in [1.82, 2.24) is 19.6 Å². The van der Waals surface area contributed by atoms with Crippen LogP contribution in [0, 0.1) is 24.0 Å². The van der Waals surface area contributed by atoms with E-state index >= 15 is 0 Å². The average Bonchev–Trinajstić information content (AvgIpc) is 2.97. The fraction of sp³-hybridized carbons (Fsp3) is 0.200.